The molecule has 4 nitrogen and oxygen atoms in total. The summed E-state index contributed by atoms with van der Waals surface area (Å²) in [6.07, 6.45) is 3.67. The molecule has 1 aliphatic heterocycles. The van der Waals surface area contributed by atoms with Crippen molar-refractivity contribution in [2.75, 3.05) is 32.0 Å². The SMILES string of the molecule is CCc1ccc(CN(C)CC(=O)Nc2ccc(CN3CCCC3)cc2)cc1. The highest BCUT2D eigenvalue weighted by Crippen LogP contribution is 2.15. The van der Waals surface area contributed by atoms with Gasteiger partial charge in [-0.05, 0) is 68.2 Å². The zero-order valence-electron chi connectivity index (χ0n) is 16.6. The molecule has 1 saturated heterocycles. The lowest BCUT2D eigenvalue weighted by Gasteiger charge is -2.17. The summed E-state index contributed by atoms with van der Waals surface area (Å²) in [5.74, 6) is 0.0231. The summed E-state index contributed by atoms with van der Waals surface area (Å²) in [4.78, 5) is 16.8. The van der Waals surface area contributed by atoms with Crippen LogP contribution in [0.1, 0.15) is 36.5 Å². The Morgan fingerprint density at radius 3 is 2.19 bits per heavy atom. The number of carbonyl (C=O) groups is 1. The number of carbonyl (C=O) groups excluding carboxylic acids is 1. The van der Waals surface area contributed by atoms with Crippen molar-refractivity contribution in [2.24, 2.45) is 0 Å². The molecule has 0 aromatic heterocycles. The van der Waals surface area contributed by atoms with Crippen molar-refractivity contribution >= 4 is 11.6 Å². The second-order valence-electron chi connectivity index (χ2n) is 7.57. The standard InChI is InChI=1S/C23H31N3O/c1-3-19-6-8-20(9-7-19)16-25(2)18-23(27)24-22-12-10-21(11-13-22)17-26-14-4-5-15-26/h6-13H,3-5,14-18H2,1-2H3,(H,24,27). The molecule has 4 heteroatoms. The molecular weight excluding hydrogens is 334 g/mol. The molecule has 0 radical (unpaired) electrons. The fourth-order valence-corrected chi connectivity index (χ4v) is 3.59. The molecule has 1 N–H and O–H groups in total. The Hall–Kier alpha value is -2.17. The number of nitrogens with one attached hydrogen (secondary N) is 1. The number of aryl methyl sites for hydroxylation is 1. The Balaban J connectivity index is 1.44. The Kier molecular flexibility index (Phi) is 7.02. The number of anilines is 1. The topological polar surface area (TPSA) is 35.6 Å². The molecule has 0 aliphatic carbocycles. The molecule has 1 amide bonds. The van der Waals surface area contributed by atoms with Gasteiger partial charge in [0.1, 0.15) is 0 Å². The van der Waals surface area contributed by atoms with Gasteiger partial charge in [-0.2, -0.15) is 0 Å². The van der Waals surface area contributed by atoms with Gasteiger partial charge in [0.05, 0.1) is 6.54 Å². The summed E-state index contributed by atoms with van der Waals surface area (Å²) in [6.45, 7) is 6.72. The Morgan fingerprint density at radius 1 is 0.963 bits per heavy atom. The summed E-state index contributed by atoms with van der Waals surface area (Å²) in [6, 6.07) is 16.9. The summed E-state index contributed by atoms with van der Waals surface area (Å²) in [7, 11) is 1.98. The minimum absolute atomic E-state index is 0.0231. The van der Waals surface area contributed by atoms with Crippen LogP contribution < -0.4 is 5.32 Å². The highest BCUT2D eigenvalue weighted by atomic mass is 16.2. The van der Waals surface area contributed by atoms with Crippen molar-refractivity contribution in [3.63, 3.8) is 0 Å². The van der Waals surface area contributed by atoms with Crippen LogP contribution in [0.5, 0.6) is 0 Å². The van der Waals surface area contributed by atoms with Crippen molar-refractivity contribution in [2.45, 2.75) is 39.3 Å². The van der Waals surface area contributed by atoms with Gasteiger partial charge in [-0.1, -0.05) is 43.3 Å². The number of nitrogens with zero attached hydrogens (tertiary/aromatic N) is 2. The van der Waals surface area contributed by atoms with Gasteiger partial charge in [-0.3, -0.25) is 14.6 Å². The van der Waals surface area contributed by atoms with Crippen molar-refractivity contribution in [3.8, 4) is 0 Å². The molecule has 1 fully saturated rings. The number of amides is 1. The van der Waals surface area contributed by atoms with E-state index in [1.165, 1.54) is 42.6 Å². The highest BCUT2D eigenvalue weighted by Gasteiger charge is 2.12. The van der Waals surface area contributed by atoms with Gasteiger partial charge in [0.2, 0.25) is 5.91 Å². The molecule has 0 bridgehead atoms. The number of likely N-dealkylation sites (tertiary alicyclic amines) is 1. The van der Waals surface area contributed by atoms with Crippen LogP contribution in [0.3, 0.4) is 0 Å². The minimum Gasteiger partial charge on any atom is -0.325 e. The van der Waals surface area contributed by atoms with Gasteiger partial charge in [0, 0.05) is 18.8 Å². The Labute approximate surface area is 163 Å². The van der Waals surface area contributed by atoms with Crippen LogP contribution in [0, 0.1) is 0 Å². The van der Waals surface area contributed by atoms with Gasteiger partial charge < -0.3 is 5.32 Å². The van der Waals surface area contributed by atoms with Gasteiger partial charge in [-0.15, -0.1) is 0 Å². The van der Waals surface area contributed by atoms with Gasteiger partial charge in [0.15, 0.2) is 0 Å². The molecule has 1 heterocycles. The predicted molar refractivity (Wildman–Crippen MR) is 112 cm³/mol. The van der Waals surface area contributed by atoms with Crippen LogP contribution in [0.4, 0.5) is 5.69 Å². The number of likely N-dealkylation sites (N-methyl/N-ethyl adjacent to an activating group) is 1. The van der Waals surface area contributed by atoms with E-state index in [0.29, 0.717) is 6.54 Å². The van der Waals surface area contributed by atoms with E-state index in [9.17, 15) is 4.79 Å². The molecule has 1 aliphatic rings. The van der Waals surface area contributed by atoms with E-state index < -0.39 is 0 Å². The number of hydrogen-bond donors (Lipinski definition) is 1. The lowest BCUT2D eigenvalue weighted by molar-refractivity contribution is -0.117. The summed E-state index contributed by atoms with van der Waals surface area (Å²) < 4.78 is 0. The highest BCUT2D eigenvalue weighted by molar-refractivity contribution is 5.92. The first-order chi connectivity index (χ1) is 13.1. The maximum atomic E-state index is 12.3. The summed E-state index contributed by atoms with van der Waals surface area (Å²) in [5.41, 5.74) is 4.74. The molecule has 2 aromatic carbocycles. The average molecular weight is 366 g/mol. The average Bonchev–Trinajstić information content (AvgIpc) is 3.17. The van der Waals surface area contributed by atoms with Gasteiger partial charge >= 0.3 is 0 Å². The third-order valence-electron chi connectivity index (χ3n) is 5.14. The fraction of sp³-hybridized carbons (Fsp3) is 0.435. The predicted octanol–water partition coefficient (Wildman–Crippen LogP) is 3.92. The molecule has 3 rings (SSSR count). The van der Waals surface area contributed by atoms with Gasteiger partial charge in [0.25, 0.3) is 0 Å². The van der Waals surface area contributed by atoms with Crippen molar-refractivity contribution in [3.05, 3.63) is 65.2 Å². The Morgan fingerprint density at radius 2 is 1.56 bits per heavy atom. The van der Waals surface area contributed by atoms with Crippen LogP contribution in [-0.2, 0) is 24.3 Å². The number of benzene rings is 2. The molecule has 0 atom stereocenters. The van der Waals surface area contributed by atoms with Crippen LogP contribution in [0.25, 0.3) is 0 Å². The van der Waals surface area contributed by atoms with E-state index >= 15 is 0 Å². The maximum absolute atomic E-state index is 12.3. The van der Waals surface area contributed by atoms with Crippen LogP contribution in [0.2, 0.25) is 0 Å². The summed E-state index contributed by atoms with van der Waals surface area (Å²) >= 11 is 0. The van der Waals surface area contributed by atoms with Gasteiger partial charge in [-0.25, -0.2) is 0 Å². The van der Waals surface area contributed by atoms with E-state index in [4.69, 9.17) is 0 Å². The van der Waals surface area contributed by atoms with Crippen molar-refractivity contribution < 1.29 is 4.79 Å². The third-order valence-corrected chi connectivity index (χ3v) is 5.14. The smallest absolute Gasteiger partial charge is 0.238 e. The fourth-order valence-electron chi connectivity index (χ4n) is 3.59. The second-order valence-corrected chi connectivity index (χ2v) is 7.57. The normalized spacial score (nSPS) is 14.6. The third kappa shape index (κ3) is 6.19. The molecule has 0 unspecified atom stereocenters. The second kappa shape index (κ2) is 9.67. The van der Waals surface area contributed by atoms with E-state index in [0.717, 1.165) is 25.2 Å². The first kappa shape index (κ1) is 19.6. The van der Waals surface area contributed by atoms with Crippen molar-refractivity contribution in [1.29, 1.82) is 0 Å². The zero-order valence-corrected chi connectivity index (χ0v) is 16.6. The number of hydrogen-bond acceptors (Lipinski definition) is 3. The molecule has 0 saturated carbocycles. The lowest BCUT2D eigenvalue weighted by Crippen LogP contribution is -2.29. The Bertz CT molecular complexity index is 718. The molecule has 0 spiro atoms. The van der Waals surface area contributed by atoms with Crippen LogP contribution in [0.15, 0.2) is 48.5 Å². The largest absolute Gasteiger partial charge is 0.325 e. The van der Waals surface area contributed by atoms with E-state index in [2.05, 4.69) is 53.5 Å². The molecule has 144 valence electrons. The van der Waals surface area contributed by atoms with Crippen molar-refractivity contribution in [1.82, 2.24) is 9.80 Å². The first-order valence-electron chi connectivity index (χ1n) is 10.00. The quantitative estimate of drug-likeness (QED) is 0.770. The summed E-state index contributed by atoms with van der Waals surface area (Å²) in [5, 5.41) is 3.00. The first-order valence-corrected chi connectivity index (χ1v) is 10.00. The van der Waals surface area contributed by atoms with Crippen LogP contribution in [-0.4, -0.2) is 42.4 Å². The maximum Gasteiger partial charge on any atom is 0.238 e. The molecule has 2 aromatic rings. The van der Waals surface area contributed by atoms with E-state index in [-0.39, 0.29) is 5.91 Å². The van der Waals surface area contributed by atoms with E-state index in [1.807, 2.05) is 24.1 Å². The minimum atomic E-state index is 0.0231. The van der Waals surface area contributed by atoms with E-state index in [1.54, 1.807) is 0 Å². The monoisotopic (exact) mass is 365 g/mol. The lowest BCUT2D eigenvalue weighted by atomic mass is 10.1. The number of rotatable bonds is 8. The van der Waals surface area contributed by atoms with Crippen LogP contribution >= 0.6 is 0 Å². The molecular formula is C23H31N3O. The molecule has 27 heavy (non-hydrogen) atoms. The zero-order chi connectivity index (χ0) is 19.1.